The lowest BCUT2D eigenvalue weighted by atomic mass is 10.1. The van der Waals surface area contributed by atoms with Crippen LogP contribution in [0.3, 0.4) is 0 Å². The number of rotatable bonds is 2. The van der Waals surface area contributed by atoms with E-state index in [0.29, 0.717) is 11.3 Å². The minimum absolute atomic E-state index is 0.122. The van der Waals surface area contributed by atoms with Crippen molar-refractivity contribution in [3.05, 3.63) is 52.8 Å². The van der Waals surface area contributed by atoms with Crippen LogP contribution in [0.1, 0.15) is 0 Å². The molecule has 0 saturated carbocycles. The molecule has 0 unspecified atom stereocenters. The molecule has 2 aromatic rings. The molecule has 0 aliphatic carbocycles. The molecule has 4 nitrogen and oxygen atoms in total. The zero-order valence-electron chi connectivity index (χ0n) is 9.17. The highest BCUT2D eigenvalue weighted by atomic mass is 32.2. The van der Waals surface area contributed by atoms with Gasteiger partial charge in [-0.2, -0.15) is 0 Å². The van der Waals surface area contributed by atoms with Crippen molar-refractivity contribution in [2.24, 2.45) is 0 Å². The molecule has 1 heterocycles. The summed E-state index contributed by atoms with van der Waals surface area (Å²) in [6, 6.07) is 9.31. The summed E-state index contributed by atoms with van der Waals surface area (Å²) in [5.74, 6) is 0. The number of hydrogen-bond acceptors (Lipinski definition) is 3. The summed E-state index contributed by atoms with van der Waals surface area (Å²) in [5, 5.41) is 0. The van der Waals surface area contributed by atoms with E-state index in [1.807, 2.05) is 0 Å². The molecule has 0 amide bonds. The molecule has 0 radical (unpaired) electrons. The van der Waals surface area contributed by atoms with Crippen molar-refractivity contribution < 1.29 is 8.42 Å². The molecular formula is C12H11NO3S. The molecule has 17 heavy (non-hydrogen) atoms. The standard InChI is InChI=1S/C12H11NO3S/c1-17(15,16)11-4-2-3-9(7-11)12-8-10(14)5-6-13-12/h2-8H,1H3,(H,13,14). The van der Waals surface area contributed by atoms with Crippen LogP contribution in [0.25, 0.3) is 11.3 Å². The molecule has 5 heteroatoms. The minimum Gasteiger partial charge on any atom is -0.361 e. The van der Waals surface area contributed by atoms with Crippen LogP contribution in [0.2, 0.25) is 0 Å². The second kappa shape index (κ2) is 4.18. The lowest BCUT2D eigenvalue weighted by molar-refractivity contribution is 0.602. The maximum Gasteiger partial charge on any atom is 0.182 e. The van der Waals surface area contributed by atoms with Crippen molar-refractivity contribution >= 4 is 9.84 Å². The Morgan fingerprint density at radius 3 is 2.53 bits per heavy atom. The summed E-state index contributed by atoms with van der Waals surface area (Å²) in [5.41, 5.74) is 1.15. The number of benzene rings is 1. The highest BCUT2D eigenvalue weighted by Crippen LogP contribution is 2.19. The summed E-state index contributed by atoms with van der Waals surface area (Å²) in [4.78, 5) is 14.4. The Bertz CT molecular complexity index is 701. The normalized spacial score (nSPS) is 11.4. The van der Waals surface area contributed by atoms with Crippen molar-refractivity contribution in [3.8, 4) is 11.3 Å². The number of nitrogens with one attached hydrogen (secondary N) is 1. The number of aromatic nitrogens is 1. The van der Waals surface area contributed by atoms with E-state index in [0.717, 1.165) is 6.26 Å². The number of hydrogen-bond donors (Lipinski definition) is 1. The zero-order chi connectivity index (χ0) is 12.5. The third-order valence-electron chi connectivity index (χ3n) is 2.35. The first-order valence-electron chi connectivity index (χ1n) is 4.96. The van der Waals surface area contributed by atoms with Gasteiger partial charge in [-0.3, -0.25) is 4.79 Å². The van der Waals surface area contributed by atoms with Gasteiger partial charge in [0.05, 0.1) is 4.90 Å². The van der Waals surface area contributed by atoms with Gasteiger partial charge in [-0.15, -0.1) is 0 Å². The first kappa shape index (κ1) is 11.6. The average Bonchev–Trinajstić information content (AvgIpc) is 2.28. The number of sulfone groups is 1. The van der Waals surface area contributed by atoms with E-state index < -0.39 is 9.84 Å². The van der Waals surface area contributed by atoms with Gasteiger partial charge < -0.3 is 4.98 Å². The van der Waals surface area contributed by atoms with Gasteiger partial charge >= 0.3 is 0 Å². The first-order chi connectivity index (χ1) is 7.97. The Morgan fingerprint density at radius 1 is 1.12 bits per heavy atom. The van der Waals surface area contributed by atoms with E-state index in [-0.39, 0.29) is 10.3 Å². The minimum atomic E-state index is -3.24. The SMILES string of the molecule is CS(=O)(=O)c1cccc(-c2cc(=O)cc[nH]2)c1. The van der Waals surface area contributed by atoms with E-state index in [1.165, 1.54) is 24.4 Å². The lowest BCUT2D eigenvalue weighted by Gasteiger charge is -2.03. The summed E-state index contributed by atoms with van der Waals surface area (Å²) in [6.07, 6.45) is 2.69. The van der Waals surface area contributed by atoms with Crippen LogP contribution < -0.4 is 5.43 Å². The molecule has 0 aliphatic heterocycles. The average molecular weight is 249 g/mol. The molecule has 0 bridgehead atoms. The van der Waals surface area contributed by atoms with Gasteiger partial charge in [-0.1, -0.05) is 12.1 Å². The Labute approximate surface area is 98.9 Å². The Balaban J connectivity index is 2.58. The smallest absolute Gasteiger partial charge is 0.182 e. The second-order valence-electron chi connectivity index (χ2n) is 3.74. The maximum absolute atomic E-state index is 11.4. The summed E-state index contributed by atoms with van der Waals surface area (Å²) in [7, 11) is -3.24. The second-order valence-corrected chi connectivity index (χ2v) is 5.75. The molecule has 1 N–H and O–H groups in total. The molecule has 0 fully saturated rings. The Hall–Kier alpha value is -1.88. The quantitative estimate of drug-likeness (QED) is 0.875. The van der Waals surface area contributed by atoms with Crippen LogP contribution in [-0.4, -0.2) is 19.7 Å². The molecule has 0 atom stereocenters. The topological polar surface area (TPSA) is 67.0 Å². The highest BCUT2D eigenvalue weighted by Gasteiger charge is 2.08. The fourth-order valence-electron chi connectivity index (χ4n) is 1.51. The fraction of sp³-hybridized carbons (Fsp3) is 0.0833. The van der Waals surface area contributed by atoms with Crippen LogP contribution in [0.5, 0.6) is 0 Å². The van der Waals surface area contributed by atoms with Crippen LogP contribution in [0.15, 0.2) is 52.3 Å². The van der Waals surface area contributed by atoms with Crippen molar-refractivity contribution in [1.29, 1.82) is 0 Å². The van der Waals surface area contributed by atoms with Crippen LogP contribution >= 0.6 is 0 Å². The Kier molecular flexibility index (Phi) is 2.85. The summed E-state index contributed by atoms with van der Waals surface area (Å²) < 4.78 is 22.8. The molecule has 88 valence electrons. The first-order valence-corrected chi connectivity index (χ1v) is 6.85. The van der Waals surface area contributed by atoms with Gasteiger partial charge in [0.25, 0.3) is 0 Å². The van der Waals surface area contributed by atoms with E-state index in [1.54, 1.807) is 18.2 Å². The molecule has 2 rings (SSSR count). The zero-order valence-corrected chi connectivity index (χ0v) is 9.99. The molecule has 0 spiro atoms. The van der Waals surface area contributed by atoms with Gasteiger partial charge in [0.1, 0.15) is 0 Å². The van der Waals surface area contributed by atoms with E-state index in [9.17, 15) is 13.2 Å². The highest BCUT2D eigenvalue weighted by molar-refractivity contribution is 7.90. The predicted molar refractivity (Wildman–Crippen MR) is 65.6 cm³/mol. The molecule has 0 aliphatic rings. The van der Waals surface area contributed by atoms with Crippen molar-refractivity contribution in [3.63, 3.8) is 0 Å². The van der Waals surface area contributed by atoms with Gasteiger partial charge in [0, 0.05) is 30.3 Å². The molecule has 1 aromatic heterocycles. The lowest BCUT2D eigenvalue weighted by Crippen LogP contribution is -2.00. The molecule has 1 aromatic carbocycles. The Morgan fingerprint density at radius 2 is 1.88 bits per heavy atom. The van der Waals surface area contributed by atoms with Crippen molar-refractivity contribution in [2.45, 2.75) is 4.90 Å². The maximum atomic E-state index is 11.4. The largest absolute Gasteiger partial charge is 0.361 e. The van der Waals surface area contributed by atoms with Crippen molar-refractivity contribution in [1.82, 2.24) is 4.98 Å². The van der Waals surface area contributed by atoms with E-state index in [2.05, 4.69) is 4.98 Å². The van der Waals surface area contributed by atoms with E-state index in [4.69, 9.17) is 0 Å². The van der Waals surface area contributed by atoms with E-state index >= 15 is 0 Å². The van der Waals surface area contributed by atoms with Gasteiger partial charge in [-0.05, 0) is 17.7 Å². The number of H-pyrrole nitrogens is 1. The third-order valence-corrected chi connectivity index (χ3v) is 3.46. The predicted octanol–water partition coefficient (Wildman–Crippen LogP) is 1.45. The fourth-order valence-corrected chi connectivity index (χ4v) is 2.17. The number of pyridine rings is 1. The summed E-state index contributed by atoms with van der Waals surface area (Å²) in [6.45, 7) is 0. The van der Waals surface area contributed by atoms with Gasteiger partial charge in [0.15, 0.2) is 15.3 Å². The van der Waals surface area contributed by atoms with Gasteiger partial charge in [-0.25, -0.2) is 8.42 Å². The van der Waals surface area contributed by atoms with Crippen LogP contribution in [-0.2, 0) is 9.84 Å². The van der Waals surface area contributed by atoms with Crippen molar-refractivity contribution in [2.75, 3.05) is 6.26 Å². The summed E-state index contributed by atoms with van der Waals surface area (Å²) >= 11 is 0. The molecule has 0 saturated heterocycles. The van der Waals surface area contributed by atoms with Gasteiger partial charge in [0.2, 0.25) is 0 Å². The van der Waals surface area contributed by atoms with Crippen LogP contribution in [0, 0.1) is 0 Å². The third kappa shape index (κ3) is 2.62. The van der Waals surface area contributed by atoms with Crippen LogP contribution in [0.4, 0.5) is 0 Å². The number of aromatic amines is 1. The monoisotopic (exact) mass is 249 g/mol. The molecular weight excluding hydrogens is 238 g/mol.